The molecule has 1 nitrogen and oxygen atoms in total. The van der Waals surface area contributed by atoms with E-state index in [2.05, 4.69) is 60.7 Å². The van der Waals surface area contributed by atoms with Crippen molar-refractivity contribution in [3.05, 3.63) is 77.9 Å². The van der Waals surface area contributed by atoms with E-state index in [9.17, 15) is 0 Å². The van der Waals surface area contributed by atoms with Crippen molar-refractivity contribution in [3.8, 4) is 22.5 Å². The number of rotatable bonds is 1. The first-order chi connectivity index (χ1) is 9.92. The molecule has 0 bridgehead atoms. The number of benzene rings is 2. The van der Waals surface area contributed by atoms with Crippen LogP contribution >= 0.6 is 0 Å². The standard InChI is InChI=1S/C19H15N/c1-2-7-15(8-3-1)18-13-12-16-11-10-14-6-4-5-9-17(14)19(16)20-18/h1-9,12-13H,10-11H2. The lowest BCUT2D eigenvalue weighted by atomic mass is 9.89. The molecule has 0 fully saturated rings. The molecule has 3 aromatic rings. The average Bonchev–Trinajstić information content (AvgIpc) is 2.55. The Morgan fingerprint density at radius 3 is 2.30 bits per heavy atom. The van der Waals surface area contributed by atoms with Gasteiger partial charge in [-0.3, -0.25) is 0 Å². The summed E-state index contributed by atoms with van der Waals surface area (Å²) < 4.78 is 0. The lowest BCUT2D eigenvalue weighted by Gasteiger charge is -2.19. The quantitative estimate of drug-likeness (QED) is 0.625. The summed E-state index contributed by atoms with van der Waals surface area (Å²) in [5, 5.41) is 0. The van der Waals surface area contributed by atoms with E-state index in [0.717, 1.165) is 24.2 Å². The van der Waals surface area contributed by atoms with Crippen LogP contribution in [0.1, 0.15) is 11.1 Å². The summed E-state index contributed by atoms with van der Waals surface area (Å²) in [6.45, 7) is 0. The smallest absolute Gasteiger partial charge is 0.0744 e. The predicted octanol–water partition coefficient (Wildman–Crippen LogP) is 4.51. The lowest BCUT2D eigenvalue weighted by Crippen LogP contribution is -2.06. The van der Waals surface area contributed by atoms with Crippen LogP contribution in [0.5, 0.6) is 0 Å². The molecule has 0 amide bonds. The highest BCUT2D eigenvalue weighted by Gasteiger charge is 2.17. The first kappa shape index (κ1) is 11.4. The minimum Gasteiger partial charge on any atom is -0.247 e. The molecule has 1 aromatic heterocycles. The SMILES string of the molecule is c1ccc(-c2ccc3c(n2)-c2ccccc2CC3)cc1. The molecular weight excluding hydrogens is 242 g/mol. The van der Waals surface area contributed by atoms with Crippen LogP contribution in [0.25, 0.3) is 22.5 Å². The van der Waals surface area contributed by atoms with Gasteiger partial charge in [0.05, 0.1) is 11.4 Å². The molecule has 0 unspecified atom stereocenters. The van der Waals surface area contributed by atoms with E-state index >= 15 is 0 Å². The second-order valence-electron chi connectivity index (χ2n) is 5.23. The van der Waals surface area contributed by atoms with E-state index in [1.54, 1.807) is 0 Å². The Labute approximate surface area is 118 Å². The number of aromatic nitrogens is 1. The zero-order valence-electron chi connectivity index (χ0n) is 11.2. The van der Waals surface area contributed by atoms with Crippen LogP contribution in [0.2, 0.25) is 0 Å². The van der Waals surface area contributed by atoms with Gasteiger partial charge in [-0.15, -0.1) is 0 Å². The molecule has 4 rings (SSSR count). The van der Waals surface area contributed by atoms with Crippen molar-refractivity contribution in [2.45, 2.75) is 12.8 Å². The first-order valence-corrected chi connectivity index (χ1v) is 7.05. The molecule has 1 heterocycles. The molecule has 20 heavy (non-hydrogen) atoms. The zero-order chi connectivity index (χ0) is 13.4. The molecule has 1 aliphatic carbocycles. The number of hydrogen-bond acceptors (Lipinski definition) is 1. The van der Waals surface area contributed by atoms with Crippen molar-refractivity contribution in [1.82, 2.24) is 4.98 Å². The number of aryl methyl sites for hydroxylation is 2. The van der Waals surface area contributed by atoms with E-state index in [0.29, 0.717) is 0 Å². The van der Waals surface area contributed by atoms with Gasteiger partial charge in [0, 0.05) is 11.1 Å². The van der Waals surface area contributed by atoms with Gasteiger partial charge in [0.25, 0.3) is 0 Å². The Balaban J connectivity index is 1.90. The van der Waals surface area contributed by atoms with Gasteiger partial charge in [-0.05, 0) is 30.0 Å². The van der Waals surface area contributed by atoms with Crippen LogP contribution in [0.15, 0.2) is 66.7 Å². The molecule has 1 heteroatoms. The number of nitrogens with zero attached hydrogens (tertiary/aromatic N) is 1. The third kappa shape index (κ3) is 1.83. The Bertz CT molecular complexity index is 760. The summed E-state index contributed by atoms with van der Waals surface area (Å²) in [5.74, 6) is 0. The fraction of sp³-hybridized carbons (Fsp3) is 0.105. The summed E-state index contributed by atoms with van der Waals surface area (Å²) in [6, 6.07) is 23.4. The first-order valence-electron chi connectivity index (χ1n) is 7.05. The molecule has 96 valence electrons. The van der Waals surface area contributed by atoms with Crippen molar-refractivity contribution < 1.29 is 0 Å². The molecule has 0 aliphatic heterocycles. The van der Waals surface area contributed by atoms with Crippen LogP contribution in [0, 0.1) is 0 Å². The Morgan fingerprint density at radius 2 is 1.40 bits per heavy atom. The Morgan fingerprint density at radius 1 is 0.650 bits per heavy atom. The van der Waals surface area contributed by atoms with Crippen LogP contribution in [-0.4, -0.2) is 4.98 Å². The molecule has 2 aromatic carbocycles. The van der Waals surface area contributed by atoms with Crippen LogP contribution in [0.3, 0.4) is 0 Å². The number of hydrogen-bond donors (Lipinski definition) is 0. The van der Waals surface area contributed by atoms with Gasteiger partial charge < -0.3 is 0 Å². The minimum atomic E-state index is 1.06. The normalized spacial score (nSPS) is 12.6. The third-order valence-corrected chi connectivity index (χ3v) is 3.98. The second-order valence-corrected chi connectivity index (χ2v) is 5.23. The maximum atomic E-state index is 4.92. The summed E-state index contributed by atoms with van der Waals surface area (Å²) >= 11 is 0. The Hall–Kier alpha value is -2.41. The summed E-state index contributed by atoms with van der Waals surface area (Å²) in [5.41, 5.74) is 7.47. The van der Waals surface area contributed by atoms with E-state index < -0.39 is 0 Å². The Kier molecular flexibility index (Phi) is 2.63. The minimum absolute atomic E-state index is 1.06. The fourth-order valence-corrected chi connectivity index (χ4v) is 2.93. The second kappa shape index (κ2) is 4.61. The highest BCUT2D eigenvalue weighted by atomic mass is 14.7. The molecule has 0 saturated carbocycles. The van der Waals surface area contributed by atoms with Crippen LogP contribution < -0.4 is 0 Å². The van der Waals surface area contributed by atoms with Gasteiger partial charge in [-0.1, -0.05) is 60.7 Å². The van der Waals surface area contributed by atoms with Crippen LogP contribution in [0.4, 0.5) is 0 Å². The maximum absolute atomic E-state index is 4.92. The van der Waals surface area contributed by atoms with E-state index in [4.69, 9.17) is 4.98 Å². The number of pyridine rings is 1. The highest BCUT2D eigenvalue weighted by molar-refractivity contribution is 5.72. The highest BCUT2D eigenvalue weighted by Crippen LogP contribution is 2.33. The average molecular weight is 257 g/mol. The molecule has 0 radical (unpaired) electrons. The third-order valence-electron chi connectivity index (χ3n) is 3.98. The summed E-state index contributed by atoms with van der Waals surface area (Å²) in [7, 11) is 0. The van der Waals surface area contributed by atoms with Gasteiger partial charge in [-0.25, -0.2) is 4.98 Å². The zero-order valence-corrected chi connectivity index (χ0v) is 11.2. The molecule has 1 aliphatic rings. The van der Waals surface area contributed by atoms with Crippen molar-refractivity contribution in [1.29, 1.82) is 0 Å². The topological polar surface area (TPSA) is 12.9 Å². The molecular formula is C19H15N. The van der Waals surface area contributed by atoms with Crippen molar-refractivity contribution >= 4 is 0 Å². The van der Waals surface area contributed by atoms with Gasteiger partial charge in [0.15, 0.2) is 0 Å². The summed E-state index contributed by atoms with van der Waals surface area (Å²) in [4.78, 5) is 4.92. The van der Waals surface area contributed by atoms with Gasteiger partial charge >= 0.3 is 0 Å². The molecule has 0 saturated heterocycles. The van der Waals surface area contributed by atoms with Gasteiger partial charge in [0.2, 0.25) is 0 Å². The number of fused-ring (bicyclic) bond motifs is 3. The van der Waals surface area contributed by atoms with E-state index in [1.165, 1.54) is 22.3 Å². The van der Waals surface area contributed by atoms with E-state index in [-0.39, 0.29) is 0 Å². The van der Waals surface area contributed by atoms with E-state index in [1.807, 2.05) is 6.07 Å². The maximum Gasteiger partial charge on any atom is 0.0744 e. The van der Waals surface area contributed by atoms with Crippen molar-refractivity contribution in [3.63, 3.8) is 0 Å². The molecule has 0 atom stereocenters. The van der Waals surface area contributed by atoms with Crippen LogP contribution in [-0.2, 0) is 12.8 Å². The van der Waals surface area contributed by atoms with Gasteiger partial charge in [-0.2, -0.15) is 0 Å². The van der Waals surface area contributed by atoms with Gasteiger partial charge in [0.1, 0.15) is 0 Å². The fourth-order valence-electron chi connectivity index (χ4n) is 2.93. The molecule has 0 N–H and O–H groups in total. The predicted molar refractivity (Wildman–Crippen MR) is 82.5 cm³/mol. The largest absolute Gasteiger partial charge is 0.247 e. The molecule has 0 spiro atoms. The summed E-state index contributed by atoms with van der Waals surface area (Å²) in [6.07, 6.45) is 2.21. The van der Waals surface area contributed by atoms with Crippen molar-refractivity contribution in [2.24, 2.45) is 0 Å². The van der Waals surface area contributed by atoms with Crippen molar-refractivity contribution in [2.75, 3.05) is 0 Å². The lowest BCUT2D eigenvalue weighted by molar-refractivity contribution is 0.928. The monoisotopic (exact) mass is 257 g/mol.